The summed E-state index contributed by atoms with van der Waals surface area (Å²) in [6.45, 7) is 9.60. The molecule has 0 aliphatic heterocycles. The Morgan fingerprint density at radius 1 is 0.967 bits per heavy atom. The molecule has 0 heterocycles. The van der Waals surface area contributed by atoms with E-state index >= 15 is 0 Å². The molecule has 0 saturated heterocycles. The minimum absolute atomic E-state index is 0.0642. The van der Waals surface area contributed by atoms with Gasteiger partial charge in [-0.15, -0.1) is 0 Å². The van der Waals surface area contributed by atoms with E-state index in [4.69, 9.17) is 9.47 Å². The number of hydrogen-bond acceptors (Lipinski definition) is 5. The van der Waals surface area contributed by atoms with Crippen molar-refractivity contribution in [1.29, 1.82) is 0 Å². The second kappa shape index (κ2) is 7.63. The number of carbonyl (C=O) groups is 3. The quantitative estimate of drug-likeness (QED) is 0.621. The standard InChI is InChI=1S/C25H38O5/c1-14(29-15(2)26)23-22(28)13-21-19-7-6-17-12-18(30-16(3)27)8-10-24(17,4)20(19)9-11-25(21,23)5/h14,17-21,23H,6-13H2,1-5H3/t14-,17-,18-,19+,20-,21-,23-,24-,25-/m0/s1. The summed E-state index contributed by atoms with van der Waals surface area (Å²) in [5, 5.41) is 0. The Morgan fingerprint density at radius 3 is 2.33 bits per heavy atom. The highest BCUT2D eigenvalue weighted by molar-refractivity contribution is 5.85. The zero-order valence-corrected chi connectivity index (χ0v) is 19.2. The fraction of sp³-hybridized carbons (Fsp3) is 0.880. The highest BCUT2D eigenvalue weighted by Crippen LogP contribution is 2.67. The summed E-state index contributed by atoms with van der Waals surface area (Å²) in [6.07, 6.45) is 7.97. The summed E-state index contributed by atoms with van der Waals surface area (Å²) in [5.41, 5.74) is 0.217. The van der Waals surface area contributed by atoms with Gasteiger partial charge in [0.2, 0.25) is 0 Å². The maximum absolute atomic E-state index is 13.1. The van der Waals surface area contributed by atoms with Gasteiger partial charge in [-0.2, -0.15) is 0 Å². The van der Waals surface area contributed by atoms with Gasteiger partial charge in [-0.25, -0.2) is 0 Å². The largest absolute Gasteiger partial charge is 0.463 e. The molecule has 0 aromatic rings. The van der Waals surface area contributed by atoms with Crippen LogP contribution < -0.4 is 0 Å². The van der Waals surface area contributed by atoms with E-state index < -0.39 is 0 Å². The topological polar surface area (TPSA) is 69.7 Å². The molecule has 4 aliphatic carbocycles. The van der Waals surface area contributed by atoms with E-state index in [-0.39, 0.29) is 40.9 Å². The van der Waals surface area contributed by atoms with Crippen LogP contribution in [0.4, 0.5) is 0 Å². The zero-order valence-electron chi connectivity index (χ0n) is 19.2. The lowest BCUT2D eigenvalue weighted by Crippen LogP contribution is -2.54. The van der Waals surface area contributed by atoms with Crippen molar-refractivity contribution in [3.63, 3.8) is 0 Å². The van der Waals surface area contributed by atoms with E-state index in [9.17, 15) is 14.4 Å². The third kappa shape index (κ3) is 3.40. The van der Waals surface area contributed by atoms with Crippen molar-refractivity contribution in [2.75, 3.05) is 0 Å². The van der Waals surface area contributed by atoms with Crippen LogP contribution in [0.5, 0.6) is 0 Å². The predicted octanol–water partition coefficient (Wildman–Crippen LogP) is 4.71. The molecule has 30 heavy (non-hydrogen) atoms. The fourth-order valence-corrected chi connectivity index (χ4v) is 8.52. The molecule has 5 heteroatoms. The molecule has 4 aliphatic rings. The van der Waals surface area contributed by atoms with Crippen molar-refractivity contribution in [2.45, 2.75) is 98.2 Å². The van der Waals surface area contributed by atoms with Crippen molar-refractivity contribution in [3.05, 3.63) is 0 Å². The number of carbonyl (C=O) groups excluding carboxylic acids is 3. The zero-order chi connectivity index (χ0) is 21.8. The number of rotatable bonds is 3. The summed E-state index contributed by atoms with van der Waals surface area (Å²) in [6, 6.07) is 0. The molecule has 9 atom stereocenters. The van der Waals surface area contributed by atoms with Crippen molar-refractivity contribution < 1.29 is 23.9 Å². The Morgan fingerprint density at radius 2 is 1.67 bits per heavy atom. The van der Waals surface area contributed by atoms with Crippen LogP contribution in [0.2, 0.25) is 0 Å². The molecule has 0 aromatic carbocycles. The third-order valence-electron chi connectivity index (χ3n) is 9.69. The highest BCUT2D eigenvalue weighted by atomic mass is 16.5. The van der Waals surface area contributed by atoms with Gasteiger partial charge in [-0.05, 0) is 86.4 Å². The van der Waals surface area contributed by atoms with Crippen molar-refractivity contribution in [1.82, 2.24) is 0 Å². The second-order valence-corrected chi connectivity index (χ2v) is 11.2. The van der Waals surface area contributed by atoms with E-state index in [0.717, 1.165) is 32.1 Å². The van der Waals surface area contributed by atoms with Gasteiger partial charge in [0.1, 0.15) is 18.0 Å². The number of hydrogen-bond donors (Lipinski definition) is 0. The summed E-state index contributed by atoms with van der Waals surface area (Å²) in [5.74, 6) is 1.89. The lowest BCUT2D eigenvalue weighted by molar-refractivity contribution is -0.165. The average molecular weight is 419 g/mol. The van der Waals surface area contributed by atoms with Crippen LogP contribution in [0, 0.1) is 40.4 Å². The first-order chi connectivity index (χ1) is 14.1. The number of Topliss-reactive ketones (excluding diaryl/α,β-unsaturated/α-hetero) is 1. The molecule has 4 saturated carbocycles. The Bertz CT molecular complexity index is 731. The maximum atomic E-state index is 13.1. The van der Waals surface area contributed by atoms with E-state index in [1.807, 2.05) is 6.92 Å². The lowest BCUT2D eigenvalue weighted by atomic mass is 9.44. The first-order valence-corrected chi connectivity index (χ1v) is 11.9. The Kier molecular flexibility index (Phi) is 5.55. The number of esters is 2. The smallest absolute Gasteiger partial charge is 0.302 e. The Labute approximate surface area is 180 Å². The van der Waals surface area contributed by atoms with Gasteiger partial charge in [-0.3, -0.25) is 14.4 Å². The van der Waals surface area contributed by atoms with E-state index in [1.54, 1.807) is 0 Å². The molecule has 0 spiro atoms. The van der Waals surface area contributed by atoms with Crippen LogP contribution in [0.3, 0.4) is 0 Å². The fourth-order valence-electron chi connectivity index (χ4n) is 8.52. The first kappa shape index (κ1) is 21.8. The second-order valence-electron chi connectivity index (χ2n) is 11.2. The molecule has 5 nitrogen and oxygen atoms in total. The van der Waals surface area contributed by atoms with E-state index in [2.05, 4.69) is 13.8 Å². The van der Waals surface area contributed by atoms with Crippen LogP contribution >= 0.6 is 0 Å². The van der Waals surface area contributed by atoms with E-state index in [1.165, 1.54) is 26.7 Å². The molecule has 0 amide bonds. The summed E-state index contributed by atoms with van der Waals surface area (Å²) in [4.78, 5) is 36.1. The molecule has 4 fully saturated rings. The normalized spacial score (nSPS) is 46.2. The van der Waals surface area contributed by atoms with Gasteiger partial charge >= 0.3 is 11.9 Å². The Hall–Kier alpha value is -1.39. The number of ether oxygens (including phenoxy) is 2. The lowest BCUT2D eigenvalue weighted by Gasteiger charge is -2.61. The molecular formula is C25H38O5. The minimum atomic E-state index is -0.340. The number of ketones is 1. The molecule has 0 bridgehead atoms. The SMILES string of the molecule is CC(=O)O[C@H]1CC[C@@]2(C)[C@@H](CC[C@@H]3[C@@H]2CC[C@]2(C)[C@@H]([C@H](C)OC(C)=O)C(=O)C[C@@H]32)C1. The molecule has 0 unspecified atom stereocenters. The molecule has 0 N–H and O–H groups in total. The first-order valence-electron chi connectivity index (χ1n) is 11.9. The van der Waals surface area contributed by atoms with Crippen molar-refractivity contribution in [3.8, 4) is 0 Å². The summed E-state index contributed by atoms with van der Waals surface area (Å²) >= 11 is 0. The van der Waals surface area contributed by atoms with Crippen molar-refractivity contribution >= 4 is 17.7 Å². The van der Waals surface area contributed by atoms with Crippen LogP contribution in [-0.4, -0.2) is 29.9 Å². The predicted molar refractivity (Wildman–Crippen MR) is 112 cm³/mol. The average Bonchev–Trinajstić information content (AvgIpc) is 2.91. The van der Waals surface area contributed by atoms with Gasteiger partial charge in [0.15, 0.2) is 0 Å². The van der Waals surface area contributed by atoms with Gasteiger partial charge in [0.05, 0.1) is 5.92 Å². The van der Waals surface area contributed by atoms with Crippen molar-refractivity contribution in [2.24, 2.45) is 40.4 Å². The highest BCUT2D eigenvalue weighted by Gasteiger charge is 2.63. The van der Waals surface area contributed by atoms with Gasteiger partial charge in [-0.1, -0.05) is 13.8 Å². The van der Waals surface area contributed by atoms with Crippen LogP contribution in [-0.2, 0) is 23.9 Å². The van der Waals surface area contributed by atoms with Gasteiger partial charge in [0, 0.05) is 20.3 Å². The van der Waals surface area contributed by atoms with Gasteiger partial charge < -0.3 is 9.47 Å². The minimum Gasteiger partial charge on any atom is -0.463 e. The molecule has 4 rings (SSSR count). The molecular weight excluding hydrogens is 380 g/mol. The van der Waals surface area contributed by atoms with Crippen LogP contribution in [0.1, 0.15) is 86.0 Å². The summed E-state index contributed by atoms with van der Waals surface area (Å²) < 4.78 is 11.1. The van der Waals surface area contributed by atoms with Gasteiger partial charge in [0.25, 0.3) is 0 Å². The molecule has 168 valence electrons. The Balaban J connectivity index is 1.54. The molecule has 0 aromatic heterocycles. The van der Waals surface area contributed by atoms with Crippen LogP contribution in [0.25, 0.3) is 0 Å². The van der Waals surface area contributed by atoms with E-state index in [0.29, 0.717) is 35.9 Å². The number of fused-ring (bicyclic) bond motifs is 5. The maximum Gasteiger partial charge on any atom is 0.302 e. The monoisotopic (exact) mass is 418 g/mol. The summed E-state index contributed by atoms with van der Waals surface area (Å²) in [7, 11) is 0. The molecule has 0 radical (unpaired) electrons. The third-order valence-corrected chi connectivity index (χ3v) is 9.69. The van der Waals surface area contributed by atoms with Crippen LogP contribution in [0.15, 0.2) is 0 Å².